The first kappa shape index (κ1) is 7.80. The van der Waals surface area contributed by atoms with Gasteiger partial charge in [-0.25, -0.2) is 4.98 Å². The van der Waals surface area contributed by atoms with Gasteiger partial charge in [-0.2, -0.15) is 0 Å². The highest BCUT2D eigenvalue weighted by Gasteiger charge is 1.88. The zero-order valence-electron chi connectivity index (χ0n) is 7.14. The molecule has 1 aliphatic carbocycles. The lowest BCUT2D eigenvalue weighted by Gasteiger charge is -1.81. The number of benzene rings is 1. The molecule has 1 aliphatic rings. The van der Waals surface area contributed by atoms with Crippen LogP contribution in [0.4, 0.5) is 0 Å². The Hall–Kier alpha value is -1.83. The number of hydrogen-bond donors (Lipinski definition) is 1. The molecule has 13 heavy (non-hydrogen) atoms. The molecule has 0 amide bonds. The number of allylic oxidation sites excluding steroid dienone is 4. The number of imidazole rings is 1. The first-order valence-electron chi connectivity index (χ1n) is 4.18. The second-order valence-corrected chi connectivity index (χ2v) is 2.69. The third-order valence-electron chi connectivity index (χ3n) is 1.77. The summed E-state index contributed by atoms with van der Waals surface area (Å²) in [5.74, 6) is 0. The molecule has 0 atom stereocenters. The van der Waals surface area contributed by atoms with Crippen molar-refractivity contribution in [3.8, 4) is 0 Å². The first-order chi connectivity index (χ1) is 6.47. The van der Waals surface area contributed by atoms with Crippen molar-refractivity contribution in [2.24, 2.45) is 0 Å². The molecular formula is C11H10N2. The Balaban J connectivity index is 0.000000137. The molecule has 0 unspecified atom stereocenters. The molecule has 2 heteroatoms. The van der Waals surface area contributed by atoms with Crippen molar-refractivity contribution in [1.82, 2.24) is 9.97 Å². The number of H-pyrrole nitrogens is 1. The number of nitrogens with one attached hydrogen (secondary N) is 1. The second-order valence-electron chi connectivity index (χ2n) is 2.69. The van der Waals surface area contributed by atoms with Crippen LogP contribution in [-0.2, 0) is 0 Å². The molecule has 2 nitrogen and oxygen atoms in total. The molecule has 3 rings (SSSR count). The minimum atomic E-state index is 1.03. The smallest absolute Gasteiger partial charge is 0.0931 e. The van der Waals surface area contributed by atoms with E-state index in [0.29, 0.717) is 0 Å². The van der Waals surface area contributed by atoms with Gasteiger partial charge in [0.15, 0.2) is 0 Å². The molecule has 1 aromatic heterocycles. The van der Waals surface area contributed by atoms with E-state index in [1.54, 1.807) is 6.33 Å². The van der Waals surface area contributed by atoms with Crippen molar-refractivity contribution in [3.05, 3.63) is 54.9 Å². The quantitative estimate of drug-likeness (QED) is 0.647. The molecule has 0 fully saturated rings. The van der Waals surface area contributed by atoms with Crippen LogP contribution in [0.5, 0.6) is 0 Å². The van der Waals surface area contributed by atoms with E-state index >= 15 is 0 Å². The van der Waals surface area contributed by atoms with Crippen LogP contribution in [-0.4, -0.2) is 9.97 Å². The average Bonchev–Trinajstić information content (AvgIpc) is 2.47. The predicted molar refractivity (Wildman–Crippen MR) is 54.4 cm³/mol. The van der Waals surface area contributed by atoms with Crippen molar-refractivity contribution in [2.45, 2.75) is 0 Å². The number of rotatable bonds is 0. The number of para-hydroxylation sites is 2. The van der Waals surface area contributed by atoms with Crippen LogP contribution in [0.3, 0.4) is 0 Å². The van der Waals surface area contributed by atoms with E-state index in [1.807, 2.05) is 48.6 Å². The number of aromatic amines is 1. The van der Waals surface area contributed by atoms with Crippen molar-refractivity contribution < 1.29 is 0 Å². The fourth-order valence-electron chi connectivity index (χ4n) is 0.991. The molecule has 0 aliphatic heterocycles. The van der Waals surface area contributed by atoms with Crippen LogP contribution in [0.15, 0.2) is 54.9 Å². The van der Waals surface area contributed by atoms with Crippen molar-refractivity contribution in [1.29, 1.82) is 0 Å². The van der Waals surface area contributed by atoms with E-state index in [1.165, 1.54) is 0 Å². The van der Waals surface area contributed by atoms with Gasteiger partial charge in [0.2, 0.25) is 0 Å². The molecule has 2 aromatic rings. The zero-order valence-corrected chi connectivity index (χ0v) is 7.14. The highest BCUT2D eigenvalue weighted by atomic mass is 14.9. The van der Waals surface area contributed by atoms with Gasteiger partial charge in [0.05, 0.1) is 17.4 Å². The van der Waals surface area contributed by atoms with E-state index in [0.717, 1.165) is 11.0 Å². The van der Waals surface area contributed by atoms with Crippen molar-refractivity contribution >= 4 is 11.0 Å². The molecule has 0 radical (unpaired) electrons. The maximum absolute atomic E-state index is 4.06. The Bertz CT molecular complexity index is 390. The molecule has 1 N–H and O–H groups in total. The van der Waals surface area contributed by atoms with E-state index in [4.69, 9.17) is 0 Å². The summed E-state index contributed by atoms with van der Waals surface area (Å²) in [6.07, 6.45) is 9.70. The van der Waals surface area contributed by atoms with Crippen LogP contribution in [0.25, 0.3) is 11.0 Å². The maximum atomic E-state index is 4.06. The van der Waals surface area contributed by atoms with Crippen molar-refractivity contribution in [2.75, 3.05) is 0 Å². The summed E-state index contributed by atoms with van der Waals surface area (Å²) in [7, 11) is 0. The Kier molecular flexibility index (Phi) is 2.23. The van der Waals surface area contributed by atoms with Crippen molar-refractivity contribution in [3.63, 3.8) is 0 Å². The van der Waals surface area contributed by atoms with E-state index in [-0.39, 0.29) is 0 Å². The number of nitrogens with zero attached hydrogens (tertiary/aromatic N) is 1. The van der Waals surface area contributed by atoms with Gasteiger partial charge in [-0.1, -0.05) is 36.4 Å². The second kappa shape index (κ2) is 3.72. The molecule has 0 saturated carbocycles. The van der Waals surface area contributed by atoms with Gasteiger partial charge in [-0.15, -0.1) is 0 Å². The largest absolute Gasteiger partial charge is 0.345 e. The SMILES string of the molecule is C1=CC=C1.c1ccc2[nH]cnc2c1. The lowest BCUT2D eigenvalue weighted by Crippen LogP contribution is -1.63. The van der Waals surface area contributed by atoms with Crippen LogP contribution in [0.2, 0.25) is 0 Å². The highest BCUT2D eigenvalue weighted by molar-refractivity contribution is 5.73. The van der Waals surface area contributed by atoms with Crippen LogP contribution in [0.1, 0.15) is 0 Å². The highest BCUT2D eigenvalue weighted by Crippen LogP contribution is 2.05. The van der Waals surface area contributed by atoms with Gasteiger partial charge in [0.1, 0.15) is 0 Å². The fraction of sp³-hybridized carbons (Fsp3) is 0. The van der Waals surface area contributed by atoms with E-state index in [2.05, 4.69) is 9.97 Å². The summed E-state index contributed by atoms with van der Waals surface area (Å²) in [4.78, 5) is 7.07. The molecule has 0 bridgehead atoms. The average molecular weight is 170 g/mol. The molecule has 0 spiro atoms. The number of fused-ring (bicyclic) bond motifs is 1. The van der Waals surface area contributed by atoms with E-state index < -0.39 is 0 Å². The summed E-state index contributed by atoms with van der Waals surface area (Å²) in [6, 6.07) is 7.94. The molecule has 0 saturated heterocycles. The van der Waals surface area contributed by atoms with Crippen LogP contribution >= 0.6 is 0 Å². The molecular weight excluding hydrogens is 160 g/mol. The monoisotopic (exact) mass is 170 g/mol. The molecule has 1 heterocycles. The summed E-state index contributed by atoms with van der Waals surface area (Å²) < 4.78 is 0. The maximum Gasteiger partial charge on any atom is 0.0931 e. The minimum absolute atomic E-state index is 1.03. The third kappa shape index (κ3) is 1.85. The topological polar surface area (TPSA) is 28.7 Å². The predicted octanol–water partition coefficient (Wildman–Crippen LogP) is 2.68. The third-order valence-corrected chi connectivity index (χ3v) is 1.77. The molecule has 64 valence electrons. The Morgan fingerprint density at radius 1 is 0.923 bits per heavy atom. The van der Waals surface area contributed by atoms with Gasteiger partial charge < -0.3 is 4.98 Å². The van der Waals surface area contributed by atoms with Gasteiger partial charge >= 0.3 is 0 Å². The standard InChI is InChI=1S/C7H6N2.C4H4/c1-2-4-7-6(3-1)8-5-9-7;1-2-4-3-1/h1-5H,(H,8,9);1-4H. The summed E-state index contributed by atoms with van der Waals surface area (Å²) in [6.45, 7) is 0. The van der Waals surface area contributed by atoms with Gasteiger partial charge in [-0.05, 0) is 12.1 Å². The van der Waals surface area contributed by atoms with Gasteiger partial charge in [0.25, 0.3) is 0 Å². The normalized spacial score (nSPS) is 12.0. The van der Waals surface area contributed by atoms with Gasteiger partial charge in [0, 0.05) is 0 Å². The fourth-order valence-corrected chi connectivity index (χ4v) is 0.991. The molecule has 1 aromatic carbocycles. The zero-order chi connectivity index (χ0) is 8.93. The Morgan fingerprint density at radius 3 is 2.23 bits per heavy atom. The summed E-state index contributed by atoms with van der Waals surface area (Å²) >= 11 is 0. The minimum Gasteiger partial charge on any atom is -0.345 e. The first-order valence-corrected chi connectivity index (χ1v) is 4.18. The summed E-state index contributed by atoms with van der Waals surface area (Å²) in [5, 5.41) is 0. The van der Waals surface area contributed by atoms with Crippen LogP contribution < -0.4 is 0 Å². The van der Waals surface area contributed by atoms with E-state index in [9.17, 15) is 0 Å². The van der Waals surface area contributed by atoms with Gasteiger partial charge in [-0.3, -0.25) is 0 Å². The summed E-state index contributed by atoms with van der Waals surface area (Å²) in [5.41, 5.74) is 2.12. The van der Waals surface area contributed by atoms with Crippen LogP contribution in [0, 0.1) is 0 Å². The lowest BCUT2D eigenvalue weighted by molar-refractivity contribution is 1.34. The Labute approximate surface area is 76.6 Å². The number of aromatic nitrogens is 2. The Morgan fingerprint density at radius 2 is 1.62 bits per heavy atom. The number of hydrogen-bond acceptors (Lipinski definition) is 1. The lowest BCUT2D eigenvalue weighted by atomic mass is 10.3.